The fourth-order valence-corrected chi connectivity index (χ4v) is 4.96. The summed E-state index contributed by atoms with van der Waals surface area (Å²) >= 11 is 10.9. The van der Waals surface area contributed by atoms with E-state index in [0.29, 0.717) is 6.54 Å². The summed E-state index contributed by atoms with van der Waals surface area (Å²) in [5.41, 5.74) is -0.650. The van der Waals surface area contributed by atoms with Crippen molar-refractivity contribution in [3.05, 3.63) is 34.9 Å². The van der Waals surface area contributed by atoms with Crippen molar-refractivity contribution in [2.45, 2.75) is 51.1 Å². The summed E-state index contributed by atoms with van der Waals surface area (Å²) in [5.74, 6) is 2.69. The smallest absolute Gasteiger partial charge is 0.370 e. The molecule has 0 amide bonds. The fraction of sp³-hybridized carbons (Fsp3) is 0.560. The molecule has 0 unspecified atom stereocenters. The summed E-state index contributed by atoms with van der Waals surface area (Å²) in [4.78, 5) is 14.2. The molecule has 3 heterocycles. The van der Waals surface area contributed by atoms with Crippen molar-refractivity contribution in [1.82, 2.24) is 15.3 Å². The Morgan fingerprint density at radius 2 is 1.59 bits per heavy atom. The molecule has 0 saturated carbocycles. The van der Waals surface area contributed by atoms with E-state index in [1.165, 1.54) is 37.8 Å². The average molecular weight is 556 g/mol. The molecule has 202 valence electrons. The van der Waals surface area contributed by atoms with Crippen LogP contribution in [-0.2, 0) is 6.18 Å². The summed E-state index contributed by atoms with van der Waals surface area (Å²) in [6.45, 7) is 5.52. The lowest BCUT2D eigenvalue weighted by molar-refractivity contribution is -0.137. The highest BCUT2D eigenvalue weighted by Gasteiger charge is 2.33. The molecule has 7 nitrogen and oxygen atoms in total. The van der Waals surface area contributed by atoms with Crippen LogP contribution in [0, 0.1) is 0 Å². The monoisotopic (exact) mass is 555 g/mol. The van der Waals surface area contributed by atoms with Crippen LogP contribution in [0.15, 0.2) is 24.3 Å². The van der Waals surface area contributed by atoms with E-state index in [4.69, 9.17) is 33.8 Å². The van der Waals surface area contributed by atoms with Crippen LogP contribution in [0.1, 0.15) is 50.5 Å². The fourth-order valence-electron chi connectivity index (χ4n) is 4.52. The van der Waals surface area contributed by atoms with Gasteiger partial charge in [-0.25, -0.2) is 0 Å². The average Bonchev–Trinajstić information content (AvgIpc) is 3.59. The van der Waals surface area contributed by atoms with Gasteiger partial charge in [0.2, 0.25) is 5.95 Å². The van der Waals surface area contributed by atoms with Crippen LogP contribution in [0.4, 0.5) is 36.4 Å². The standard InChI is InChI=1S/C25H33ClF3N7S/c26-20-9-8-18(16-19(20)25(27,28)29)32-24(37)31-11-3-1-2-10-30-21-17-22(35-12-4-5-13-35)34-23(33-21)36-14-6-7-15-36/h8-9,16-17H,1-7,10-15H2,(H,30,33,34)(H2,31,32,37). The normalized spacial score (nSPS) is 15.8. The van der Waals surface area contributed by atoms with Crippen LogP contribution in [0.5, 0.6) is 0 Å². The van der Waals surface area contributed by atoms with E-state index in [2.05, 4.69) is 31.8 Å². The zero-order valence-electron chi connectivity index (χ0n) is 20.7. The Balaban J connectivity index is 1.18. The molecule has 2 saturated heterocycles. The first-order chi connectivity index (χ1) is 17.8. The minimum atomic E-state index is -4.52. The lowest BCUT2D eigenvalue weighted by Crippen LogP contribution is -2.29. The van der Waals surface area contributed by atoms with Gasteiger partial charge in [0.25, 0.3) is 0 Å². The molecule has 1 aromatic heterocycles. The molecule has 2 aliphatic rings. The number of aromatic nitrogens is 2. The Morgan fingerprint density at radius 1 is 0.919 bits per heavy atom. The van der Waals surface area contributed by atoms with E-state index in [0.717, 1.165) is 75.6 Å². The van der Waals surface area contributed by atoms with Crippen LogP contribution in [-0.4, -0.2) is 54.3 Å². The van der Waals surface area contributed by atoms with Crippen molar-refractivity contribution in [2.75, 3.05) is 59.7 Å². The molecule has 0 bridgehead atoms. The van der Waals surface area contributed by atoms with E-state index in [-0.39, 0.29) is 15.8 Å². The van der Waals surface area contributed by atoms with Crippen molar-refractivity contribution in [1.29, 1.82) is 0 Å². The topological polar surface area (TPSA) is 68.3 Å². The molecule has 0 spiro atoms. The maximum Gasteiger partial charge on any atom is 0.417 e. The molecule has 1 aromatic carbocycles. The first-order valence-corrected chi connectivity index (χ1v) is 13.6. The number of halogens is 4. The Labute approximate surface area is 226 Å². The predicted octanol–water partition coefficient (Wildman–Crippen LogP) is 5.92. The molecule has 37 heavy (non-hydrogen) atoms. The van der Waals surface area contributed by atoms with E-state index < -0.39 is 11.7 Å². The second-order valence-corrected chi connectivity index (χ2v) is 10.2. The number of benzene rings is 1. The van der Waals surface area contributed by atoms with Crippen LogP contribution in [0.2, 0.25) is 5.02 Å². The van der Waals surface area contributed by atoms with E-state index in [9.17, 15) is 13.2 Å². The van der Waals surface area contributed by atoms with E-state index >= 15 is 0 Å². The molecule has 2 aliphatic heterocycles. The number of alkyl halides is 3. The number of anilines is 4. The number of unbranched alkanes of at least 4 members (excludes halogenated alkanes) is 2. The van der Waals surface area contributed by atoms with Gasteiger partial charge in [0, 0.05) is 51.0 Å². The number of thiocarbonyl (C=S) groups is 1. The maximum absolute atomic E-state index is 13.0. The first-order valence-electron chi connectivity index (χ1n) is 12.8. The van der Waals surface area contributed by atoms with Gasteiger partial charge in [-0.15, -0.1) is 0 Å². The molecule has 3 N–H and O–H groups in total. The van der Waals surface area contributed by atoms with E-state index in [1.807, 2.05) is 0 Å². The lowest BCUT2D eigenvalue weighted by Gasteiger charge is -2.22. The summed E-state index contributed by atoms with van der Waals surface area (Å²) < 4.78 is 39.1. The van der Waals surface area contributed by atoms with Gasteiger partial charge in [-0.05, 0) is 75.4 Å². The van der Waals surface area contributed by atoms with Crippen molar-refractivity contribution >= 4 is 52.2 Å². The van der Waals surface area contributed by atoms with Gasteiger partial charge in [-0.2, -0.15) is 23.1 Å². The second-order valence-electron chi connectivity index (χ2n) is 9.36. The highest BCUT2D eigenvalue weighted by molar-refractivity contribution is 7.80. The van der Waals surface area contributed by atoms with Crippen LogP contribution < -0.4 is 25.8 Å². The van der Waals surface area contributed by atoms with Gasteiger partial charge < -0.3 is 25.8 Å². The number of hydrogen-bond acceptors (Lipinski definition) is 6. The Morgan fingerprint density at radius 3 is 2.30 bits per heavy atom. The van der Waals surface area contributed by atoms with Crippen molar-refractivity contribution in [3.63, 3.8) is 0 Å². The summed E-state index contributed by atoms with van der Waals surface area (Å²) in [6.07, 6.45) is 3.04. The third kappa shape index (κ3) is 7.98. The van der Waals surface area contributed by atoms with Crippen molar-refractivity contribution in [2.24, 2.45) is 0 Å². The molecule has 0 radical (unpaired) electrons. The van der Waals surface area contributed by atoms with Crippen LogP contribution in [0.25, 0.3) is 0 Å². The van der Waals surface area contributed by atoms with Gasteiger partial charge in [0.1, 0.15) is 11.6 Å². The molecule has 12 heteroatoms. The quantitative estimate of drug-likeness (QED) is 0.247. The van der Waals surface area contributed by atoms with Crippen LogP contribution in [0.3, 0.4) is 0 Å². The minimum absolute atomic E-state index is 0.241. The summed E-state index contributed by atoms with van der Waals surface area (Å²) in [7, 11) is 0. The summed E-state index contributed by atoms with van der Waals surface area (Å²) in [5, 5.41) is 9.23. The number of rotatable bonds is 10. The second kappa shape index (κ2) is 12.8. The third-order valence-corrected chi connectivity index (χ3v) is 7.07. The molecule has 4 rings (SSSR count). The Bertz CT molecular complexity index is 1020. The van der Waals surface area contributed by atoms with Crippen molar-refractivity contribution in [3.8, 4) is 0 Å². The maximum atomic E-state index is 13.0. The lowest BCUT2D eigenvalue weighted by atomic mass is 10.2. The van der Waals surface area contributed by atoms with E-state index in [1.54, 1.807) is 0 Å². The number of nitrogens with one attached hydrogen (secondary N) is 3. The van der Waals surface area contributed by atoms with Gasteiger partial charge >= 0.3 is 6.18 Å². The summed E-state index contributed by atoms with van der Waals surface area (Å²) in [6, 6.07) is 5.69. The highest BCUT2D eigenvalue weighted by Crippen LogP contribution is 2.36. The van der Waals surface area contributed by atoms with Crippen molar-refractivity contribution < 1.29 is 13.2 Å². The largest absolute Gasteiger partial charge is 0.417 e. The third-order valence-electron chi connectivity index (χ3n) is 6.49. The zero-order valence-corrected chi connectivity index (χ0v) is 22.3. The molecule has 0 aliphatic carbocycles. The predicted molar refractivity (Wildman–Crippen MR) is 148 cm³/mol. The SMILES string of the molecule is FC(F)(F)c1cc(NC(=S)NCCCCCNc2cc(N3CCCC3)nc(N3CCCC3)n2)ccc1Cl. The zero-order chi connectivity index (χ0) is 26.3. The Kier molecular flexibility index (Phi) is 9.53. The first kappa shape index (κ1) is 27.5. The molecule has 2 fully saturated rings. The number of hydrogen-bond donors (Lipinski definition) is 3. The van der Waals surface area contributed by atoms with Crippen LogP contribution >= 0.6 is 23.8 Å². The van der Waals surface area contributed by atoms with Gasteiger partial charge in [-0.1, -0.05) is 11.6 Å². The molecular weight excluding hydrogens is 523 g/mol. The molecular formula is C25H33ClF3N7S. The number of nitrogens with zero attached hydrogens (tertiary/aromatic N) is 4. The van der Waals surface area contributed by atoms with Gasteiger partial charge in [0.05, 0.1) is 10.6 Å². The minimum Gasteiger partial charge on any atom is -0.370 e. The molecule has 0 atom stereocenters. The van der Waals surface area contributed by atoms with Gasteiger partial charge in [-0.3, -0.25) is 0 Å². The highest BCUT2D eigenvalue weighted by atomic mass is 35.5. The van der Waals surface area contributed by atoms with Gasteiger partial charge in [0.15, 0.2) is 5.11 Å². The molecule has 2 aromatic rings. The Hall–Kier alpha value is -2.53.